The number of amides is 1. The number of benzene rings is 2. The van der Waals surface area contributed by atoms with Gasteiger partial charge < -0.3 is 15.5 Å². The largest absolute Gasteiger partial charge is 0.481 e. The number of rotatable bonds is 6. The summed E-state index contributed by atoms with van der Waals surface area (Å²) in [6, 6.07) is 4.11. The van der Waals surface area contributed by atoms with E-state index in [0.29, 0.717) is 6.07 Å². The first kappa shape index (κ1) is 34.1. The zero-order chi connectivity index (χ0) is 34.1. The number of carboxylic acid groups (broad SMARTS) is 1. The molecule has 16 heteroatoms. The van der Waals surface area contributed by atoms with Crippen molar-refractivity contribution in [3.63, 3.8) is 0 Å². The monoisotopic (exact) mass is 683 g/mol. The molecule has 0 spiro atoms. The van der Waals surface area contributed by atoms with Crippen LogP contribution in [0.5, 0.6) is 0 Å². The van der Waals surface area contributed by atoms with Crippen LogP contribution in [-0.4, -0.2) is 54.5 Å². The van der Waals surface area contributed by atoms with Gasteiger partial charge in [0.25, 0.3) is 5.91 Å². The average molecular weight is 684 g/mol. The van der Waals surface area contributed by atoms with Crippen molar-refractivity contribution in [3.05, 3.63) is 65.0 Å². The molecule has 0 saturated heterocycles. The summed E-state index contributed by atoms with van der Waals surface area (Å²) < 4.78 is 137. The second kappa shape index (κ2) is 11.2. The lowest BCUT2D eigenvalue weighted by molar-refractivity contribution is -0.348. The molecule has 2 saturated carbocycles. The lowest BCUT2D eigenvalue weighted by Gasteiger charge is -2.43. The van der Waals surface area contributed by atoms with Gasteiger partial charge in [0.1, 0.15) is 16.2 Å². The molecule has 0 aliphatic heterocycles. The van der Waals surface area contributed by atoms with Crippen LogP contribution < -0.4 is 5.32 Å². The van der Waals surface area contributed by atoms with Crippen LogP contribution in [0.25, 0.3) is 0 Å². The molecule has 7 nitrogen and oxygen atoms in total. The molecule has 0 aromatic heterocycles. The molecule has 0 heterocycles. The van der Waals surface area contributed by atoms with Crippen molar-refractivity contribution >= 4 is 21.7 Å². The Morgan fingerprint density at radius 3 is 1.98 bits per heavy atom. The van der Waals surface area contributed by atoms with Crippen LogP contribution in [0.15, 0.2) is 47.4 Å². The van der Waals surface area contributed by atoms with E-state index in [0.717, 1.165) is 30.3 Å². The Morgan fingerprint density at radius 1 is 0.848 bits per heavy atom. The minimum absolute atomic E-state index is 0.0118. The number of hydrogen-bond acceptors (Lipinski definition) is 5. The van der Waals surface area contributed by atoms with E-state index < -0.39 is 79.3 Å². The third-order valence-corrected chi connectivity index (χ3v) is 12.5. The highest BCUT2D eigenvalue weighted by atomic mass is 32.2. The molecule has 3 N–H and O–H groups in total. The predicted octanol–water partition coefficient (Wildman–Crippen LogP) is 5.63. The molecule has 46 heavy (non-hydrogen) atoms. The highest BCUT2D eigenvalue weighted by Crippen LogP contribution is 2.59. The molecule has 252 valence electrons. The molecular weight excluding hydrogens is 654 g/mol. The molecule has 2 fully saturated rings. The Morgan fingerprint density at radius 2 is 1.43 bits per heavy atom. The first-order valence-electron chi connectivity index (χ1n) is 14.4. The van der Waals surface area contributed by atoms with E-state index in [2.05, 4.69) is 5.32 Å². The number of carbonyl (C=O) groups is 2. The lowest BCUT2D eigenvalue weighted by Crippen LogP contribution is -2.55. The molecule has 5 rings (SSSR count). The maximum absolute atomic E-state index is 15.0. The van der Waals surface area contributed by atoms with Crippen molar-refractivity contribution in [2.75, 3.05) is 0 Å². The number of aryl methyl sites for hydroxylation is 1. The van der Waals surface area contributed by atoms with Gasteiger partial charge in [0, 0.05) is 17.5 Å². The van der Waals surface area contributed by atoms with Crippen molar-refractivity contribution in [1.29, 1.82) is 0 Å². The van der Waals surface area contributed by atoms with Gasteiger partial charge in [-0.1, -0.05) is 18.2 Å². The minimum Gasteiger partial charge on any atom is -0.481 e. The Balaban J connectivity index is 1.58. The minimum atomic E-state index is -6.39. The third kappa shape index (κ3) is 5.15. The number of sulfone groups is 1. The highest BCUT2D eigenvalue weighted by molar-refractivity contribution is 7.92. The van der Waals surface area contributed by atoms with Crippen LogP contribution in [0.1, 0.15) is 61.6 Å². The van der Waals surface area contributed by atoms with Crippen LogP contribution in [0, 0.1) is 17.7 Å². The Labute approximate surface area is 257 Å². The number of hydrogen-bond donors (Lipinski definition) is 3. The fourth-order valence-electron chi connectivity index (χ4n) is 7.42. The van der Waals surface area contributed by atoms with Crippen molar-refractivity contribution in [3.8, 4) is 0 Å². The Kier molecular flexibility index (Phi) is 8.27. The van der Waals surface area contributed by atoms with Crippen LogP contribution in [0.4, 0.5) is 35.1 Å². The van der Waals surface area contributed by atoms with Gasteiger partial charge in [-0.05, 0) is 86.8 Å². The molecule has 3 atom stereocenters. The predicted molar refractivity (Wildman–Crippen MR) is 144 cm³/mol. The van der Waals surface area contributed by atoms with Crippen molar-refractivity contribution in [2.45, 2.75) is 90.7 Å². The summed E-state index contributed by atoms with van der Waals surface area (Å²) in [6.07, 6.45) is -13.9. The SMILES string of the molecule is O=C(O)C1CCC(O)(C(=O)N[C@@H]2CC[C@@]3(S(=O)(=O)c4ccc(F)cc4)c4ccc(C(F)(C(F)(F)F)C(F)(F)F)cc4CC[C@@H]23)CC1. The Bertz CT molecular complexity index is 1620. The standard InChI is InChI=1S/C30H29F8NO6S/c31-19-3-5-20(6-4-19)46(44,45)27-14-11-23(39-25(42)26(43)12-9-16(10-13-26)24(40)41)22(27)7-1-17-15-18(2-8-21(17)27)28(32,29(33,34)35)30(36,37)38/h2-6,8,15-16,22-23,43H,1,7,9-14H2,(H,39,42)(H,40,41)/t16?,22-,23+,26?,27+/m0/s1. The normalized spacial score (nSPS) is 28.7. The molecule has 2 aromatic carbocycles. The maximum Gasteiger partial charge on any atom is 0.435 e. The van der Waals surface area contributed by atoms with Crippen molar-refractivity contribution in [2.24, 2.45) is 11.8 Å². The smallest absolute Gasteiger partial charge is 0.435 e. The molecule has 0 radical (unpaired) electrons. The van der Waals surface area contributed by atoms with Gasteiger partial charge >= 0.3 is 24.0 Å². The zero-order valence-electron chi connectivity index (χ0n) is 23.9. The third-order valence-electron chi connectivity index (χ3n) is 9.88. The van der Waals surface area contributed by atoms with E-state index in [1.54, 1.807) is 0 Å². The van der Waals surface area contributed by atoms with Gasteiger partial charge in [0.15, 0.2) is 9.84 Å². The average Bonchev–Trinajstić information content (AvgIpc) is 3.36. The highest BCUT2D eigenvalue weighted by Gasteiger charge is 2.74. The van der Waals surface area contributed by atoms with Gasteiger partial charge in [-0.15, -0.1) is 0 Å². The quantitative estimate of drug-likeness (QED) is 0.268. The topological polar surface area (TPSA) is 121 Å². The van der Waals surface area contributed by atoms with E-state index in [1.807, 2.05) is 0 Å². The molecule has 3 aliphatic carbocycles. The number of fused-ring (bicyclic) bond motifs is 3. The van der Waals surface area contributed by atoms with E-state index in [4.69, 9.17) is 0 Å². The number of alkyl halides is 7. The number of aliphatic carboxylic acids is 1. The summed E-state index contributed by atoms with van der Waals surface area (Å²) in [5.74, 6) is -4.49. The Hall–Kier alpha value is -3.27. The van der Waals surface area contributed by atoms with E-state index in [-0.39, 0.29) is 73.5 Å². The summed E-state index contributed by atoms with van der Waals surface area (Å²) in [5.41, 5.74) is -9.88. The van der Waals surface area contributed by atoms with Crippen LogP contribution in [-0.2, 0) is 36.3 Å². The van der Waals surface area contributed by atoms with Crippen molar-refractivity contribution in [1.82, 2.24) is 5.32 Å². The molecular formula is C30H29F8NO6S. The summed E-state index contributed by atoms with van der Waals surface area (Å²) >= 11 is 0. The van der Waals surface area contributed by atoms with Gasteiger partial charge in [0.05, 0.1) is 10.8 Å². The van der Waals surface area contributed by atoms with Gasteiger partial charge in [-0.25, -0.2) is 17.2 Å². The summed E-state index contributed by atoms with van der Waals surface area (Å²) in [4.78, 5) is 24.3. The fourth-order valence-corrected chi connectivity index (χ4v) is 9.90. The second-order valence-electron chi connectivity index (χ2n) is 12.3. The van der Waals surface area contributed by atoms with E-state index in [9.17, 15) is 63.3 Å². The fraction of sp³-hybridized carbons (Fsp3) is 0.533. The number of halogens is 8. The first-order valence-corrected chi connectivity index (χ1v) is 15.9. The maximum atomic E-state index is 15.0. The number of carboxylic acids is 1. The van der Waals surface area contributed by atoms with Crippen LogP contribution in [0.2, 0.25) is 0 Å². The molecule has 1 amide bonds. The molecule has 3 aliphatic rings. The first-order chi connectivity index (χ1) is 21.2. The number of carbonyl (C=O) groups excluding carboxylic acids is 1. The number of nitrogens with one attached hydrogen (secondary N) is 1. The number of aliphatic hydroxyl groups is 1. The molecule has 2 aromatic rings. The molecule has 0 bridgehead atoms. The van der Waals surface area contributed by atoms with Crippen LogP contribution in [0.3, 0.4) is 0 Å². The van der Waals surface area contributed by atoms with E-state index >= 15 is 0 Å². The van der Waals surface area contributed by atoms with Gasteiger partial charge in [-0.2, -0.15) is 26.3 Å². The summed E-state index contributed by atoms with van der Waals surface area (Å²) in [6.45, 7) is 0. The van der Waals surface area contributed by atoms with Gasteiger partial charge in [0.2, 0.25) is 0 Å². The van der Waals surface area contributed by atoms with Crippen LogP contribution >= 0.6 is 0 Å². The van der Waals surface area contributed by atoms with Gasteiger partial charge in [-0.3, -0.25) is 9.59 Å². The lowest BCUT2D eigenvalue weighted by atomic mass is 9.73. The van der Waals surface area contributed by atoms with E-state index in [1.165, 1.54) is 0 Å². The molecule has 0 unspecified atom stereocenters. The second-order valence-corrected chi connectivity index (χ2v) is 14.5. The zero-order valence-corrected chi connectivity index (χ0v) is 24.7. The summed E-state index contributed by atoms with van der Waals surface area (Å²) in [5, 5.41) is 23.0. The van der Waals surface area contributed by atoms with Crippen molar-refractivity contribution < 1.29 is 63.3 Å². The summed E-state index contributed by atoms with van der Waals surface area (Å²) in [7, 11) is -4.61.